The molecule has 0 aliphatic rings. The van der Waals surface area contributed by atoms with Crippen LogP contribution in [0.15, 0.2) is 18.2 Å². The second-order valence-electron chi connectivity index (χ2n) is 3.66. The predicted molar refractivity (Wildman–Crippen MR) is 61.0 cm³/mol. The first-order valence-corrected chi connectivity index (χ1v) is 5.16. The van der Waals surface area contributed by atoms with Crippen LogP contribution in [0.5, 0.6) is 5.75 Å². The molecule has 0 spiro atoms. The highest BCUT2D eigenvalue weighted by Gasteiger charge is 2.13. The molecule has 1 aromatic carbocycles. The van der Waals surface area contributed by atoms with Crippen LogP contribution in [-0.2, 0) is 4.79 Å². The Morgan fingerprint density at radius 3 is 2.88 bits per heavy atom. The van der Waals surface area contributed by atoms with E-state index in [2.05, 4.69) is 5.32 Å². The molecule has 1 aromatic rings. The van der Waals surface area contributed by atoms with Crippen molar-refractivity contribution in [2.24, 2.45) is 0 Å². The van der Waals surface area contributed by atoms with Gasteiger partial charge in [0, 0.05) is 0 Å². The summed E-state index contributed by atoms with van der Waals surface area (Å²) in [6, 6.07) is 5.96. The van der Waals surface area contributed by atoms with Crippen molar-refractivity contribution in [3.63, 3.8) is 0 Å². The largest absolute Gasteiger partial charge is 0.489 e. The Balaban J connectivity index is 2.96. The van der Waals surface area contributed by atoms with Crippen molar-refractivity contribution >= 4 is 11.6 Å². The number of para-hydroxylation sites is 1. The van der Waals surface area contributed by atoms with Gasteiger partial charge in [-0.3, -0.25) is 4.79 Å². The van der Waals surface area contributed by atoms with E-state index in [1.165, 1.54) is 12.1 Å². The third-order valence-electron chi connectivity index (χ3n) is 1.84. The van der Waals surface area contributed by atoms with Crippen molar-refractivity contribution in [3.05, 3.63) is 24.0 Å². The number of amides is 1. The molecule has 0 radical (unpaired) electrons. The smallest absolute Gasteiger partial charge is 0.238 e. The van der Waals surface area contributed by atoms with E-state index in [1.807, 2.05) is 0 Å². The van der Waals surface area contributed by atoms with Crippen molar-refractivity contribution in [1.82, 2.24) is 0 Å². The molecule has 0 aliphatic carbocycles. The Bertz CT molecular complexity index is 452. The van der Waals surface area contributed by atoms with Crippen LogP contribution in [0.2, 0.25) is 0 Å². The lowest BCUT2D eigenvalue weighted by molar-refractivity contribution is -0.115. The number of anilines is 1. The molecule has 0 aromatic heterocycles. The Labute approximate surface area is 99.0 Å². The van der Waals surface area contributed by atoms with Crippen LogP contribution in [0.1, 0.15) is 20.3 Å². The minimum atomic E-state index is -0.588. The SMILES string of the molecule is CC(C)Oc1cccc(F)c1NC(=O)CC#N. The number of carbonyl (C=O) groups is 1. The molecule has 0 heterocycles. The van der Waals surface area contributed by atoms with Gasteiger partial charge < -0.3 is 10.1 Å². The molecule has 4 nitrogen and oxygen atoms in total. The summed E-state index contributed by atoms with van der Waals surface area (Å²) in [5.41, 5.74) is -0.0264. The van der Waals surface area contributed by atoms with Crippen LogP contribution in [0.3, 0.4) is 0 Å². The molecule has 0 atom stereocenters. The zero-order valence-corrected chi connectivity index (χ0v) is 9.66. The second-order valence-corrected chi connectivity index (χ2v) is 3.66. The first-order chi connectivity index (χ1) is 8.04. The zero-order chi connectivity index (χ0) is 12.8. The minimum absolute atomic E-state index is 0.0264. The molecule has 0 saturated heterocycles. The molecule has 5 heteroatoms. The number of nitriles is 1. The van der Waals surface area contributed by atoms with Gasteiger partial charge >= 0.3 is 0 Å². The van der Waals surface area contributed by atoms with Gasteiger partial charge in [0.25, 0.3) is 0 Å². The summed E-state index contributed by atoms with van der Waals surface area (Å²) in [5.74, 6) is -0.896. The van der Waals surface area contributed by atoms with E-state index < -0.39 is 11.7 Å². The number of rotatable bonds is 4. The summed E-state index contributed by atoms with van der Waals surface area (Å²) >= 11 is 0. The van der Waals surface area contributed by atoms with Crippen molar-refractivity contribution in [1.29, 1.82) is 5.26 Å². The van der Waals surface area contributed by atoms with E-state index in [-0.39, 0.29) is 24.0 Å². The highest BCUT2D eigenvalue weighted by Crippen LogP contribution is 2.28. The molecule has 0 fully saturated rings. The van der Waals surface area contributed by atoms with Gasteiger partial charge in [-0.1, -0.05) is 6.07 Å². The van der Waals surface area contributed by atoms with Gasteiger partial charge in [0.1, 0.15) is 17.9 Å². The van der Waals surface area contributed by atoms with E-state index in [0.717, 1.165) is 0 Å². The molecule has 1 N–H and O–H groups in total. The number of benzene rings is 1. The van der Waals surface area contributed by atoms with Gasteiger partial charge in [-0.15, -0.1) is 0 Å². The summed E-state index contributed by atoms with van der Waals surface area (Å²) in [4.78, 5) is 11.2. The fraction of sp³-hybridized carbons (Fsp3) is 0.333. The lowest BCUT2D eigenvalue weighted by Crippen LogP contribution is -2.14. The van der Waals surface area contributed by atoms with Crippen LogP contribution >= 0.6 is 0 Å². The fourth-order valence-corrected chi connectivity index (χ4v) is 1.23. The predicted octanol–water partition coefficient (Wildman–Crippen LogP) is 2.47. The molecule has 1 amide bonds. The standard InChI is InChI=1S/C12H13FN2O2/c1-8(2)17-10-5-3-4-9(13)12(10)15-11(16)6-7-14/h3-5,8H,6H2,1-2H3,(H,15,16). The number of carbonyl (C=O) groups excluding carboxylic acids is 1. The first-order valence-electron chi connectivity index (χ1n) is 5.16. The number of hydrogen-bond donors (Lipinski definition) is 1. The molecular formula is C12H13FN2O2. The van der Waals surface area contributed by atoms with Gasteiger partial charge in [0.2, 0.25) is 5.91 Å². The maximum Gasteiger partial charge on any atom is 0.238 e. The molecule has 17 heavy (non-hydrogen) atoms. The Morgan fingerprint density at radius 2 is 2.29 bits per heavy atom. The molecule has 0 saturated carbocycles. The monoisotopic (exact) mass is 236 g/mol. The van der Waals surface area contributed by atoms with Crippen LogP contribution in [0, 0.1) is 17.1 Å². The highest BCUT2D eigenvalue weighted by atomic mass is 19.1. The molecule has 0 aliphatic heterocycles. The third kappa shape index (κ3) is 3.76. The van der Waals surface area contributed by atoms with Gasteiger partial charge in [-0.25, -0.2) is 4.39 Å². The topological polar surface area (TPSA) is 62.1 Å². The summed E-state index contributed by atoms with van der Waals surface area (Å²) in [5, 5.41) is 10.7. The minimum Gasteiger partial charge on any atom is -0.489 e. The number of halogens is 1. The Morgan fingerprint density at radius 1 is 1.59 bits per heavy atom. The van der Waals surface area contributed by atoms with E-state index in [9.17, 15) is 9.18 Å². The fourth-order valence-electron chi connectivity index (χ4n) is 1.23. The maximum absolute atomic E-state index is 13.5. The van der Waals surface area contributed by atoms with Gasteiger partial charge in [0.15, 0.2) is 5.82 Å². The summed E-state index contributed by atoms with van der Waals surface area (Å²) in [7, 11) is 0. The molecule has 0 bridgehead atoms. The summed E-state index contributed by atoms with van der Waals surface area (Å²) in [6.45, 7) is 3.59. The molecule has 1 rings (SSSR count). The van der Waals surface area contributed by atoms with Crippen molar-refractivity contribution in [3.8, 4) is 11.8 Å². The van der Waals surface area contributed by atoms with Crippen LogP contribution in [-0.4, -0.2) is 12.0 Å². The summed E-state index contributed by atoms with van der Waals surface area (Å²) in [6.07, 6.45) is -0.460. The van der Waals surface area contributed by atoms with Crippen LogP contribution < -0.4 is 10.1 Å². The van der Waals surface area contributed by atoms with Crippen LogP contribution in [0.25, 0.3) is 0 Å². The van der Waals surface area contributed by atoms with E-state index >= 15 is 0 Å². The lowest BCUT2D eigenvalue weighted by Gasteiger charge is -2.14. The zero-order valence-electron chi connectivity index (χ0n) is 9.66. The Hall–Kier alpha value is -2.09. The highest BCUT2D eigenvalue weighted by molar-refractivity contribution is 5.93. The average molecular weight is 236 g/mol. The van der Waals surface area contributed by atoms with E-state index in [4.69, 9.17) is 10.00 Å². The Kier molecular flexibility index (Phi) is 4.46. The number of hydrogen-bond acceptors (Lipinski definition) is 3. The third-order valence-corrected chi connectivity index (χ3v) is 1.84. The normalized spacial score (nSPS) is 9.82. The number of nitrogens with zero attached hydrogens (tertiary/aromatic N) is 1. The number of ether oxygens (including phenoxy) is 1. The molecular weight excluding hydrogens is 223 g/mol. The van der Waals surface area contributed by atoms with Crippen LogP contribution in [0.4, 0.5) is 10.1 Å². The molecule has 90 valence electrons. The number of nitrogens with one attached hydrogen (secondary N) is 1. The summed E-state index contributed by atoms with van der Waals surface area (Å²) < 4.78 is 18.9. The van der Waals surface area contributed by atoms with Crippen molar-refractivity contribution in [2.75, 3.05) is 5.32 Å². The van der Waals surface area contributed by atoms with E-state index in [1.54, 1.807) is 26.0 Å². The van der Waals surface area contributed by atoms with Crippen molar-refractivity contribution < 1.29 is 13.9 Å². The maximum atomic E-state index is 13.5. The first kappa shape index (κ1) is 13.0. The quantitative estimate of drug-likeness (QED) is 0.873. The molecule has 0 unspecified atom stereocenters. The lowest BCUT2D eigenvalue weighted by atomic mass is 10.2. The second kappa shape index (κ2) is 5.85. The van der Waals surface area contributed by atoms with Gasteiger partial charge in [0.05, 0.1) is 12.2 Å². The van der Waals surface area contributed by atoms with Gasteiger partial charge in [-0.2, -0.15) is 5.26 Å². The van der Waals surface area contributed by atoms with E-state index in [0.29, 0.717) is 0 Å². The van der Waals surface area contributed by atoms with Gasteiger partial charge in [-0.05, 0) is 26.0 Å². The van der Waals surface area contributed by atoms with Crippen molar-refractivity contribution in [2.45, 2.75) is 26.4 Å². The average Bonchev–Trinajstić information content (AvgIpc) is 2.23.